The molecule has 0 saturated heterocycles. The van der Waals surface area contributed by atoms with Gasteiger partial charge in [-0.3, -0.25) is 9.78 Å². The summed E-state index contributed by atoms with van der Waals surface area (Å²) in [5, 5.41) is 1.29. The quantitative estimate of drug-likeness (QED) is 0.726. The number of benzene rings is 1. The second kappa shape index (κ2) is 7.02. The van der Waals surface area contributed by atoms with Crippen LogP contribution in [0.2, 0.25) is 0 Å². The van der Waals surface area contributed by atoms with Crippen LogP contribution in [0, 0.1) is 5.92 Å². The molecular formula is C21H25FN2O4S. The predicted molar refractivity (Wildman–Crippen MR) is 107 cm³/mol. The van der Waals surface area contributed by atoms with E-state index < -0.39 is 21.6 Å². The van der Waals surface area contributed by atoms with E-state index in [0.29, 0.717) is 28.7 Å². The van der Waals surface area contributed by atoms with Gasteiger partial charge in [-0.05, 0) is 62.8 Å². The second-order valence-electron chi connectivity index (χ2n) is 8.62. The summed E-state index contributed by atoms with van der Waals surface area (Å²) < 4.78 is 47.9. The van der Waals surface area contributed by atoms with Crippen molar-refractivity contribution in [1.29, 1.82) is 0 Å². The summed E-state index contributed by atoms with van der Waals surface area (Å²) in [6.07, 6.45) is 4.50. The van der Waals surface area contributed by atoms with Crippen molar-refractivity contribution >= 4 is 26.8 Å². The lowest BCUT2D eigenvalue weighted by Gasteiger charge is -2.18. The molecule has 0 radical (unpaired) electrons. The number of pyridine rings is 1. The van der Waals surface area contributed by atoms with Crippen LogP contribution in [0.25, 0.3) is 10.8 Å². The van der Waals surface area contributed by atoms with E-state index in [2.05, 4.69) is 9.71 Å². The number of alkyl halides is 1. The van der Waals surface area contributed by atoms with E-state index in [4.69, 9.17) is 4.74 Å². The zero-order valence-corrected chi connectivity index (χ0v) is 17.6. The van der Waals surface area contributed by atoms with Crippen LogP contribution in [0.3, 0.4) is 0 Å². The second-order valence-corrected chi connectivity index (χ2v) is 10.3. The predicted octanol–water partition coefficient (Wildman–Crippen LogP) is 3.03. The smallest absolute Gasteiger partial charge is 0.309 e. The molecule has 1 N–H and O–H groups in total. The summed E-state index contributed by atoms with van der Waals surface area (Å²) >= 11 is 0. The van der Waals surface area contributed by atoms with Crippen molar-refractivity contribution in [2.45, 2.75) is 56.0 Å². The molecule has 2 aliphatic carbocycles. The van der Waals surface area contributed by atoms with E-state index in [1.54, 1.807) is 6.20 Å². The molecule has 2 aromatic rings. The van der Waals surface area contributed by atoms with Crippen molar-refractivity contribution in [1.82, 2.24) is 9.71 Å². The third-order valence-corrected chi connectivity index (χ3v) is 7.12. The van der Waals surface area contributed by atoms with Crippen LogP contribution in [0.4, 0.5) is 4.39 Å². The number of aromatic nitrogens is 1. The Kier molecular flexibility index (Phi) is 4.90. The summed E-state index contributed by atoms with van der Waals surface area (Å²) in [5.41, 5.74) is 0.608. The van der Waals surface area contributed by atoms with Crippen LogP contribution in [0.15, 0.2) is 23.2 Å². The van der Waals surface area contributed by atoms with Crippen molar-refractivity contribution in [2.24, 2.45) is 5.92 Å². The highest BCUT2D eigenvalue weighted by atomic mass is 32.2. The molecule has 0 spiro atoms. The SMILES string of the molecule is COC(=O)C1Cc2cc3cnc(C4CC4)cc3c(S(=O)(=O)NCC(C)(C)F)c2C1. The average Bonchev–Trinajstić information content (AvgIpc) is 3.42. The highest BCUT2D eigenvalue weighted by Gasteiger charge is 2.36. The Balaban J connectivity index is 1.87. The Hall–Kier alpha value is -2.06. The molecule has 4 rings (SSSR count). The fourth-order valence-electron chi connectivity index (χ4n) is 3.95. The van der Waals surface area contributed by atoms with Gasteiger partial charge in [0.05, 0.1) is 17.9 Å². The molecule has 0 amide bonds. The molecule has 6 nitrogen and oxygen atoms in total. The van der Waals surface area contributed by atoms with Crippen molar-refractivity contribution in [3.05, 3.63) is 35.2 Å². The maximum atomic E-state index is 14.0. The molecule has 1 atom stereocenters. The van der Waals surface area contributed by atoms with Gasteiger partial charge in [-0.1, -0.05) is 0 Å². The minimum atomic E-state index is -3.99. The Labute approximate surface area is 169 Å². The monoisotopic (exact) mass is 420 g/mol. The number of nitrogens with zero attached hydrogens (tertiary/aromatic N) is 1. The highest BCUT2D eigenvalue weighted by molar-refractivity contribution is 7.89. The fraction of sp³-hybridized carbons (Fsp3) is 0.524. The average molecular weight is 421 g/mol. The number of fused-ring (bicyclic) bond motifs is 2. The Morgan fingerprint density at radius 1 is 1.31 bits per heavy atom. The first kappa shape index (κ1) is 20.2. The van der Waals surface area contributed by atoms with Gasteiger partial charge in [-0.2, -0.15) is 0 Å². The summed E-state index contributed by atoms with van der Waals surface area (Å²) in [5.74, 6) is -0.416. The van der Waals surface area contributed by atoms with Crippen LogP contribution in [0.1, 0.15) is 49.4 Å². The zero-order chi connectivity index (χ0) is 21.0. The summed E-state index contributed by atoms with van der Waals surface area (Å²) in [4.78, 5) is 16.7. The number of carbonyl (C=O) groups excluding carboxylic acids is 1. The summed E-state index contributed by atoms with van der Waals surface area (Å²) in [7, 11) is -2.66. The molecule has 0 bridgehead atoms. The lowest BCUT2D eigenvalue weighted by Crippen LogP contribution is -2.35. The highest BCUT2D eigenvalue weighted by Crippen LogP contribution is 2.42. The van der Waals surface area contributed by atoms with E-state index in [0.717, 1.165) is 24.1 Å². The number of hydrogen-bond acceptors (Lipinski definition) is 5. The van der Waals surface area contributed by atoms with Crippen LogP contribution in [-0.4, -0.2) is 38.7 Å². The number of nitrogens with one attached hydrogen (secondary N) is 1. The Morgan fingerprint density at radius 2 is 2.03 bits per heavy atom. The molecule has 156 valence electrons. The van der Waals surface area contributed by atoms with Crippen molar-refractivity contribution in [3.63, 3.8) is 0 Å². The molecule has 29 heavy (non-hydrogen) atoms. The van der Waals surface area contributed by atoms with Gasteiger partial charge >= 0.3 is 5.97 Å². The van der Waals surface area contributed by atoms with Gasteiger partial charge in [0, 0.05) is 35.1 Å². The molecule has 1 heterocycles. The number of ether oxygens (including phenoxy) is 1. The lowest BCUT2D eigenvalue weighted by molar-refractivity contribution is -0.145. The van der Waals surface area contributed by atoms with Gasteiger partial charge in [-0.15, -0.1) is 0 Å². The van der Waals surface area contributed by atoms with Crippen molar-refractivity contribution in [2.75, 3.05) is 13.7 Å². The largest absolute Gasteiger partial charge is 0.469 e. The first-order chi connectivity index (χ1) is 13.6. The van der Waals surface area contributed by atoms with E-state index in [9.17, 15) is 17.6 Å². The number of esters is 1. The minimum absolute atomic E-state index is 0.143. The van der Waals surface area contributed by atoms with E-state index >= 15 is 0 Å². The molecule has 8 heteroatoms. The number of hydrogen-bond donors (Lipinski definition) is 1. The summed E-state index contributed by atoms with van der Waals surface area (Å²) in [6.45, 7) is 2.32. The third-order valence-electron chi connectivity index (χ3n) is 5.59. The van der Waals surface area contributed by atoms with Gasteiger partial charge < -0.3 is 4.74 Å². The van der Waals surface area contributed by atoms with E-state index in [1.807, 2.05) is 12.1 Å². The van der Waals surface area contributed by atoms with E-state index in [1.165, 1.54) is 21.0 Å². The minimum Gasteiger partial charge on any atom is -0.469 e. The fourth-order valence-corrected chi connectivity index (χ4v) is 5.63. The number of halogens is 1. The molecule has 0 aliphatic heterocycles. The third kappa shape index (κ3) is 4.00. The number of sulfonamides is 1. The molecule has 1 aromatic carbocycles. The van der Waals surface area contributed by atoms with Gasteiger partial charge in [0.2, 0.25) is 10.0 Å². The maximum Gasteiger partial charge on any atom is 0.309 e. The van der Waals surface area contributed by atoms with Gasteiger partial charge in [0.1, 0.15) is 5.67 Å². The molecule has 1 aromatic heterocycles. The topological polar surface area (TPSA) is 85.4 Å². The normalized spacial score (nSPS) is 19.4. The standard InChI is InChI=1S/C21H25FN2O4S/c1-21(2,22)11-24-29(26,27)19-16-8-14(20(25)28-3)6-13(16)7-15-10-23-18(9-17(15)19)12-4-5-12/h7,9-10,12,14,24H,4-6,8,11H2,1-3H3. The van der Waals surface area contributed by atoms with Crippen LogP contribution >= 0.6 is 0 Å². The molecule has 1 saturated carbocycles. The molecule has 1 unspecified atom stereocenters. The number of methoxy groups -OCH3 is 1. The first-order valence-corrected chi connectivity index (χ1v) is 11.3. The maximum absolute atomic E-state index is 14.0. The molecular weight excluding hydrogens is 395 g/mol. The molecule has 2 aliphatic rings. The van der Waals surface area contributed by atoms with Crippen LogP contribution < -0.4 is 4.72 Å². The molecule has 1 fully saturated rings. The number of carbonyl (C=O) groups is 1. The van der Waals surface area contributed by atoms with E-state index in [-0.39, 0.29) is 23.8 Å². The van der Waals surface area contributed by atoms with Gasteiger partial charge in [0.15, 0.2) is 0 Å². The first-order valence-electron chi connectivity index (χ1n) is 9.80. The van der Waals surface area contributed by atoms with Gasteiger partial charge in [-0.25, -0.2) is 17.5 Å². The van der Waals surface area contributed by atoms with Crippen molar-refractivity contribution < 1.29 is 22.3 Å². The van der Waals surface area contributed by atoms with Crippen molar-refractivity contribution in [3.8, 4) is 0 Å². The zero-order valence-electron chi connectivity index (χ0n) is 16.8. The Morgan fingerprint density at radius 3 is 2.66 bits per heavy atom. The lowest BCUT2D eigenvalue weighted by atomic mass is 10.0. The van der Waals surface area contributed by atoms with Gasteiger partial charge in [0.25, 0.3) is 0 Å². The van der Waals surface area contributed by atoms with Crippen LogP contribution in [0.5, 0.6) is 0 Å². The summed E-state index contributed by atoms with van der Waals surface area (Å²) in [6, 6.07) is 3.75. The number of rotatable bonds is 6. The van der Waals surface area contributed by atoms with Crippen LogP contribution in [-0.2, 0) is 32.4 Å². The Bertz CT molecular complexity index is 1090.